The summed E-state index contributed by atoms with van der Waals surface area (Å²) in [6.45, 7) is 11.8. The van der Waals surface area contributed by atoms with Crippen molar-refractivity contribution in [2.45, 2.75) is 123 Å². The minimum Gasteiger partial charge on any atom is -0.391 e. The normalized spacial score (nSPS) is 15.8. The lowest BCUT2D eigenvalue weighted by molar-refractivity contribution is -0.137. The summed E-state index contributed by atoms with van der Waals surface area (Å²) in [5.74, 6) is -5.73. The second-order valence-electron chi connectivity index (χ2n) is 12.1. The summed E-state index contributed by atoms with van der Waals surface area (Å²) >= 11 is 0. The summed E-state index contributed by atoms with van der Waals surface area (Å²) in [4.78, 5) is 93.7. The average molecular weight is 699 g/mol. The van der Waals surface area contributed by atoms with Crippen molar-refractivity contribution in [1.29, 1.82) is 0 Å². The number of primary amides is 1. The number of nitrogens with zero attached hydrogens (tertiary/aromatic N) is 1. The predicted octanol–water partition coefficient (Wildman–Crippen LogP) is -2.64. The molecule has 0 rings (SSSR count). The molecular weight excluding hydrogens is 640 g/mol. The smallest absolute Gasteiger partial charge is 0.245 e. The first-order valence-electron chi connectivity index (χ1n) is 16.7. The highest BCUT2D eigenvalue weighted by molar-refractivity contribution is 5.96. The molecule has 0 bridgehead atoms. The number of rotatable bonds is 23. The van der Waals surface area contributed by atoms with Gasteiger partial charge in [0.25, 0.3) is 0 Å². The molecule has 0 radical (unpaired) electrons. The van der Waals surface area contributed by atoms with E-state index in [1.54, 1.807) is 27.7 Å². The highest BCUT2D eigenvalue weighted by atomic mass is 16.3. The van der Waals surface area contributed by atoms with Crippen LogP contribution in [0.5, 0.6) is 0 Å². The van der Waals surface area contributed by atoms with Gasteiger partial charge in [-0.3, -0.25) is 38.6 Å². The Bertz CT molecular complexity index is 1160. The third-order valence-electron chi connectivity index (χ3n) is 7.95. The number of aliphatic hydroxyl groups excluding tert-OH is 1. The van der Waals surface area contributed by atoms with E-state index in [2.05, 4.69) is 36.9 Å². The van der Waals surface area contributed by atoms with Gasteiger partial charge in [0.05, 0.1) is 6.10 Å². The first-order chi connectivity index (χ1) is 22.9. The van der Waals surface area contributed by atoms with E-state index in [1.165, 1.54) is 13.8 Å². The van der Waals surface area contributed by atoms with Gasteiger partial charge in [-0.15, -0.1) is 0 Å². The molecule has 280 valence electrons. The van der Waals surface area contributed by atoms with Crippen molar-refractivity contribution in [3.8, 4) is 0 Å². The summed E-state index contributed by atoms with van der Waals surface area (Å²) in [5.41, 5.74) is 16.0. The fourth-order valence-corrected chi connectivity index (χ4v) is 4.67. The van der Waals surface area contributed by atoms with Gasteiger partial charge in [-0.1, -0.05) is 40.5 Å². The van der Waals surface area contributed by atoms with Crippen LogP contribution in [0.3, 0.4) is 0 Å². The van der Waals surface area contributed by atoms with Crippen molar-refractivity contribution in [1.82, 2.24) is 31.9 Å². The van der Waals surface area contributed by atoms with E-state index in [0.717, 1.165) is 0 Å². The van der Waals surface area contributed by atoms with Crippen LogP contribution >= 0.6 is 0 Å². The molecule has 49 heavy (non-hydrogen) atoms. The lowest BCUT2D eigenvalue weighted by Gasteiger charge is -2.30. The van der Waals surface area contributed by atoms with Crippen LogP contribution in [0, 0.1) is 11.8 Å². The van der Waals surface area contributed by atoms with Gasteiger partial charge >= 0.3 is 0 Å². The lowest BCUT2D eigenvalue weighted by atomic mass is 9.96. The van der Waals surface area contributed by atoms with Crippen molar-refractivity contribution < 1.29 is 38.7 Å². The Balaban J connectivity index is 6.17. The first-order valence-corrected chi connectivity index (χ1v) is 16.7. The molecule has 0 spiro atoms. The first kappa shape index (κ1) is 44.5. The van der Waals surface area contributed by atoms with E-state index in [4.69, 9.17) is 17.2 Å². The zero-order valence-corrected chi connectivity index (χ0v) is 29.8. The number of carbonyl (C=O) groups excluding carboxylic acids is 7. The number of aliphatic hydroxyl groups is 1. The summed E-state index contributed by atoms with van der Waals surface area (Å²) in [6, 6.07) is -6.11. The number of nitrogens with one attached hydrogen (secondary N) is 6. The number of aliphatic imine (C=N–C) groups is 1. The molecule has 18 nitrogen and oxygen atoms in total. The quantitative estimate of drug-likeness (QED) is 0.0300. The molecule has 18 heteroatoms. The van der Waals surface area contributed by atoms with Crippen LogP contribution in [0.4, 0.5) is 0 Å². The van der Waals surface area contributed by atoms with Gasteiger partial charge in [-0.2, -0.15) is 0 Å². The van der Waals surface area contributed by atoms with E-state index < -0.39 is 83.6 Å². The molecule has 0 fully saturated rings. The van der Waals surface area contributed by atoms with Gasteiger partial charge in [0.2, 0.25) is 41.4 Å². The minimum atomic E-state index is -1.55. The van der Waals surface area contributed by atoms with Crippen LogP contribution in [0.2, 0.25) is 0 Å². The van der Waals surface area contributed by atoms with Crippen LogP contribution < -0.4 is 49.1 Å². The van der Waals surface area contributed by atoms with Crippen LogP contribution in [0.15, 0.2) is 4.99 Å². The molecule has 0 heterocycles. The Morgan fingerprint density at radius 3 is 1.57 bits per heavy atom. The Hall–Kier alpha value is -4.48. The van der Waals surface area contributed by atoms with Gasteiger partial charge < -0.3 is 54.2 Å². The zero-order chi connectivity index (χ0) is 37.8. The van der Waals surface area contributed by atoms with Gasteiger partial charge in [0.1, 0.15) is 30.2 Å². The number of hydrogen-bond acceptors (Lipinski definition) is 9. The zero-order valence-electron chi connectivity index (χ0n) is 29.8. The number of likely N-dealkylation sites (N-methyl/N-ethyl adjacent to an activating group) is 1. The number of carbonyl (C=O) groups is 7. The van der Waals surface area contributed by atoms with Gasteiger partial charge in [-0.05, 0) is 44.9 Å². The summed E-state index contributed by atoms with van der Waals surface area (Å²) in [7, 11) is 0. The molecular formula is C31H58N10O8. The molecule has 0 aliphatic heterocycles. The molecule has 0 aliphatic carbocycles. The topological polar surface area (TPSA) is 302 Å². The van der Waals surface area contributed by atoms with Crippen LogP contribution in [-0.4, -0.2) is 102 Å². The molecule has 13 N–H and O–H groups in total. The van der Waals surface area contributed by atoms with E-state index >= 15 is 0 Å². The van der Waals surface area contributed by atoms with E-state index in [1.807, 2.05) is 6.92 Å². The summed E-state index contributed by atoms with van der Waals surface area (Å²) in [6.07, 6.45) is -0.505. The number of guanidine groups is 1. The largest absolute Gasteiger partial charge is 0.391 e. The maximum absolute atomic E-state index is 13.6. The van der Waals surface area contributed by atoms with Crippen molar-refractivity contribution in [3.05, 3.63) is 0 Å². The van der Waals surface area contributed by atoms with Gasteiger partial charge in [0.15, 0.2) is 5.96 Å². The van der Waals surface area contributed by atoms with Crippen molar-refractivity contribution in [3.63, 3.8) is 0 Å². The van der Waals surface area contributed by atoms with Crippen LogP contribution in [0.25, 0.3) is 0 Å². The minimum absolute atomic E-state index is 0.112. The van der Waals surface area contributed by atoms with Crippen LogP contribution in [0.1, 0.15) is 87.0 Å². The fourth-order valence-electron chi connectivity index (χ4n) is 4.67. The number of hydrogen-bond donors (Lipinski definition) is 10. The standard InChI is InChI=1S/C31H58N10O8/c1-8-16(4)23(37-19(7)43)29(48)41-25(18(6)42)30(49)39-21(13-14-22(32)44)27(46)40-24(17(5)9-2)28(47)38-20(26(45)35-10-3)12-11-15-36-31(33)34/h16-18,20-21,23-25,42H,8-15H2,1-7H3,(H2,32,44)(H,35,45)(H,37,43)(H,38,47)(H,39,49)(H,40,46)(H,41,48)(H4,33,34,36)/t16-,17-,18+,20-,21-,23+,24-,25-/m0/s1. The maximum atomic E-state index is 13.6. The maximum Gasteiger partial charge on any atom is 0.245 e. The summed E-state index contributed by atoms with van der Waals surface area (Å²) in [5, 5.41) is 25.8. The van der Waals surface area contributed by atoms with Gasteiger partial charge in [-0.25, -0.2) is 0 Å². The Labute approximate surface area is 288 Å². The molecule has 0 saturated heterocycles. The predicted molar refractivity (Wildman–Crippen MR) is 183 cm³/mol. The molecule has 0 unspecified atom stereocenters. The SMILES string of the molecule is CCNC(=O)[C@H](CCCN=C(N)N)NC(=O)[C@@H](NC(=O)[C@H](CCC(N)=O)NC(=O)[C@@H](NC(=O)[C@H](NC(C)=O)[C@@H](C)CC)[C@@H](C)O)[C@@H](C)CC. The Morgan fingerprint density at radius 2 is 1.12 bits per heavy atom. The van der Waals surface area contributed by atoms with Crippen LogP contribution in [-0.2, 0) is 33.6 Å². The Morgan fingerprint density at radius 1 is 0.653 bits per heavy atom. The lowest BCUT2D eigenvalue weighted by Crippen LogP contribution is -2.62. The number of amides is 7. The highest BCUT2D eigenvalue weighted by Gasteiger charge is 2.36. The Kier molecular flexibility index (Phi) is 20.9. The monoisotopic (exact) mass is 698 g/mol. The van der Waals surface area contributed by atoms with E-state index in [-0.39, 0.29) is 37.7 Å². The number of nitrogens with two attached hydrogens (primary N) is 3. The molecule has 0 aromatic heterocycles. The second-order valence-corrected chi connectivity index (χ2v) is 12.1. The molecule has 8 atom stereocenters. The average Bonchev–Trinajstić information content (AvgIpc) is 3.02. The molecule has 0 aromatic rings. The van der Waals surface area contributed by atoms with Crippen molar-refractivity contribution in [2.24, 2.45) is 34.0 Å². The molecule has 0 aliphatic rings. The van der Waals surface area contributed by atoms with E-state index in [0.29, 0.717) is 25.8 Å². The third-order valence-corrected chi connectivity index (χ3v) is 7.95. The molecule has 0 saturated carbocycles. The fraction of sp³-hybridized carbons (Fsp3) is 0.742. The molecule has 0 aromatic carbocycles. The third kappa shape index (κ3) is 17.0. The molecule has 7 amide bonds. The van der Waals surface area contributed by atoms with Gasteiger partial charge in [0, 0.05) is 26.4 Å². The summed E-state index contributed by atoms with van der Waals surface area (Å²) < 4.78 is 0. The van der Waals surface area contributed by atoms with Crippen molar-refractivity contribution >= 4 is 47.3 Å². The second kappa shape index (κ2) is 23.0. The van der Waals surface area contributed by atoms with E-state index in [9.17, 15) is 38.7 Å². The highest BCUT2D eigenvalue weighted by Crippen LogP contribution is 2.12. The van der Waals surface area contributed by atoms with Crippen molar-refractivity contribution in [2.75, 3.05) is 13.1 Å².